The van der Waals surface area contributed by atoms with E-state index in [1.807, 2.05) is 39.0 Å². The smallest absolute Gasteiger partial charge is 0.410 e. The van der Waals surface area contributed by atoms with Crippen LogP contribution in [0.25, 0.3) is 0 Å². The minimum absolute atomic E-state index is 0.114. The van der Waals surface area contributed by atoms with Gasteiger partial charge in [-0.05, 0) is 52.2 Å². The van der Waals surface area contributed by atoms with Crippen LogP contribution in [0.3, 0.4) is 0 Å². The van der Waals surface area contributed by atoms with Gasteiger partial charge in [-0.15, -0.1) is 0 Å². The number of nitrogens with zero attached hydrogens (tertiary/aromatic N) is 2. The van der Waals surface area contributed by atoms with E-state index in [0.29, 0.717) is 25.9 Å². The first kappa shape index (κ1) is 18.2. The van der Waals surface area contributed by atoms with E-state index >= 15 is 0 Å². The number of piperidine rings is 1. The second kappa shape index (κ2) is 8.13. The Labute approximate surface area is 143 Å². The number of likely N-dealkylation sites (tertiary alicyclic amines) is 1. The van der Waals surface area contributed by atoms with Gasteiger partial charge in [0.15, 0.2) is 0 Å². The lowest BCUT2D eigenvalue weighted by atomic mass is 10.0. The highest BCUT2D eigenvalue weighted by molar-refractivity contribution is 5.85. The number of carbonyl (C=O) groups excluding carboxylic acids is 2. The molecule has 2 amide bonds. The molecule has 6 nitrogen and oxygen atoms in total. The Morgan fingerprint density at radius 2 is 2.12 bits per heavy atom. The lowest BCUT2D eigenvalue weighted by Crippen LogP contribution is -2.53. The Bertz CT molecular complexity index is 554. The molecule has 1 aromatic rings. The van der Waals surface area contributed by atoms with Gasteiger partial charge in [0, 0.05) is 31.4 Å². The summed E-state index contributed by atoms with van der Waals surface area (Å²) in [5.74, 6) is -0.114. The maximum atomic E-state index is 12.5. The lowest BCUT2D eigenvalue weighted by Gasteiger charge is -2.35. The van der Waals surface area contributed by atoms with Crippen LogP contribution in [-0.2, 0) is 16.0 Å². The van der Waals surface area contributed by atoms with Crippen LogP contribution >= 0.6 is 0 Å². The molecule has 0 aliphatic carbocycles. The van der Waals surface area contributed by atoms with Gasteiger partial charge in [0.2, 0.25) is 5.91 Å². The lowest BCUT2D eigenvalue weighted by molar-refractivity contribution is -0.127. The first-order chi connectivity index (χ1) is 11.4. The molecule has 0 radical (unpaired) electrons. The third-order valence-corrected chi connectivity index (χ3v) is 3.84. The van der Waals surface area contributed by atoms with E-state index in [1.165, 1.54) is 0 Å². The van der Waals surface area contributed by atoms with Crippen LogP contribution in [0.15, 0.2) is 24.4 Å². The van der Waals surface area contributed by atoms with Crippen molar-refractivity contribution < 1.29 is 14.3 Å². The highest BCUT2D eigenvalue weighted by Gasteiger charge is 2.34. The Kier molecular flexibility index (Phi) is 6.17. The van der Waals surface area contributed by atoms with Gasteiger partial charge in [-0.2, -0.15) is 0 Å². The van der Waals surface area contributed by atoms with Crippen molar-refractivity contribution in [1.29, 1.82) is 0 Å². The highest BCUT2D eigenvalue weighted by Crippen LogP contribution is 2.20. The van der Waals surface area contributed by atoms with Crippen molar-refractivity contribution in [2.75, 3.05) is 13.1 Å². The van der Waals surface area contributed by atoms with E-state index < -0.39 is 17.7 Å². The van der Waals surface area contributed by atoms with Crippen LogP contribution in [-0.4, -0.2) is 46.6 Å². The van der Waals surface area contributed by atoms with E-state index in [9.17, 15) is 9.59 Å². The summed E-state index contributed by atoms with van der Waals surface area (Å²) in [5.41, 5.74) is 0.375. The average molecular weight is 333 g/mol. The maximum absolute atomic E-state index is 12.5. The standard InChI is InChI=1S/C18H27N3O3/c1-18(2,3)24-17(23)21-13-7-5-9-15(21)16(22)20-12-10-14-8-4-6-11-19-14/h4,6,8,11,15H,5,7,9-10,12-13H2,1-3H3,(H,20,22)/t15-/m0/s1. The van der Waals surface area contributed by atoms with Crippen LogP contribution in [0.2, 0.25) is 0 Å². The maximum Gasteiger partial charge on any atom is 0.410 e. The number of amides is 2. The minimum atomic E-state index is -0.561. The Hall–Kier alpha value is -2.11. The van der Waals surface area contributed by atoms with Gasteiger partial charge in [0.25, 0.3) is 0 Å². The largest absolute Gasteiger partial charge is 0.444 e. The van der Waals surface area contributed by atoms with Crippen molar-refractivity contribution >= 4 is 12.0 Å². The van der Waals surface area contributed by atoms with E-state index in [2.05, 4.69) is 10.3 Å². The fourth-order valence-electron chi connectivity index (χ4n) is 2.72. The predicted molar refractivity (Wildman–Crippen MR) is 91.5 cm³/mol. The zero-order valence-electron chi connectivity index (χ0n) is 14.7. The minimum Gasteiger partial charge on any atom is -0.444 e. The molecule has 2 heterocycles. The Morgan fingerprint density at radius 3 is 2.79 bits per heavy atom. The monoisotopic (exact) mass is 333 g/mol. The molecule has 0 aromatic carbocycles. The summed E-state index contributed by atoms with van der Waals surface area (Å²) < 4.78 is 5.43. The molecule has 1 fully saturated rings. The molecule has 2 rings (SSSR count). The van der Waals surface area contributed by atoms with E-state index in [4.69, 9.17) is 4.74 Å². The topological polar surface area (TPSA) is 71.5 Å². The number of aromatic nitrogens is 1. The first-order valence-corrected chi connectivity index (χ1v) is 8.54. The Morgan fingerprint density at radius 1 is 1.33 bits per heavy atom. The molecule has 6 heteroatoms. The quantitative estimate of drug-likeness (QED) is 0.919. The van der Waals surface area contributed by atoms with E-state index in [0.717, 1.165) is 18.5 Å². The molecule has 1 atom stereocenters. The predicted octanol–water partition coefficient (Wildman–Crippen LogP) is 2.53. The molecule has 0 spiro atoms. The van der Waals surface area contributed by atoms with Crippen LogP contribution in [0.4, 0.5) is 4.79 Å². The summed E-state index contributed by atoms with van der Waals surface area (Å²) in [6.45, 7) is 6.56. The third kappa shape index (κ3) is 5.51. The van der Waals surface area contributed by atoms with Crippen LogP contribution in [0.5, 0.6) is 0 Å². The summed E-state index contributed by atoms with van der Waals surface area (Å²) in [6.07, 6.45) is 4.52. The average Bonchev–Trinajstić information content (AvgIpc) is 2.54. The van der Waals surface area contributed by atoms with Crippen molar-refractivity contribution in [3.63, 3.8) is 0 Å². The van der Waals surface area contributed by atoms with Crippen molar-refractivity contribution in [1.82, 2.24) is 15.2 Å². The zero-order valence-corrected chi connectivity index (χ0v) is 14.7. The summed E-state index contributed by atoms with van der Waals surface area (Å²) in [4.78, 5) is 30.6. The van der Waals surface area contributed by atoms with E-state index in [1.54, 1.807) is 11.1 Å². The van der Waals surface area contributed by atoms with Crippen molar-refractivity contribution in [2.45, 2.75) is 58.1 Å². The molecular weight excluding hydrogens is 306 g/mol. The van der Waals surface area contributed by atoms with Gasteiger partial charge in [0.1, 0.15) is 11.6 Å². The molecule has 0 bridgehead atoms. The van der Waals surface area contributed by atoms with Crippen LogP contribution in [0, 0.1) is 0 Å². The second-order valence-electron chi connectivity index (χ2n) is 7.05. The van der Waals surface area contributed by atoms with Crippen LogP contribution in [0.1, 0.15) is 45.7 Å². The van der Waals surface area contributed by atoms with Crippen molar-refractivity contribution in [3.8, 4) is 0 Å². The first-order valence-electron chi connectivity index (χ1n) is 8.54. The number of hydrogen-bond donors (Lipinski definition) is 1. The van der Waals surface area contributed by atoms with Gasteiger partial charge in [-0.25, -0.2) is 4.79 Å². The molecule has 24 heavy (non-hydrogen) atoms. The van der Waals surface area contributed by atoms with Gasteiger partial charge >= 0.3 is 6.09 Å². The fraction of sp³-hybridized carbons (Fsp3) is 0.611. The van der Waals surface area contributed by atoms with Gasteiger partial charge in [-0.1, -0.05) is 6.07 Å². The summed E-state index contributed by atoms with van der Waals surface area (Å²) in [7, 11) is 0. The molecule has 1 N–H and O–H groups in total. The van der Waals surface area contributed by atoms with Gasteiger partial charge in [-0.3, -0.25) is 14.7 Å². The zero-order chi connectivity index (χ0) is 17.6. The number of pyridine rings is 1. The molecular formula is C18H27N3O3. The number of carbonyl (C=O) groups is 2. The number of hydrogen-bond acceptors (Lipinski definition) is 4. The number of nitrogens with one attached hydrogen (secondary N) is 1. The second-order valence-corrected chi connectivity index (χ2v) is 7.05. The van der Waals surface area contributed by atoms with Crippen LogP contribution < -0.4 is 5.32 Å². The third-order valence-electron chi connectivity index (χ3n) is 3.84. The number of rotatable bonds is 4. The molecule has 0 unspecified atom stereocenters. The molecule has 1 aliphatic rings. The number of ether oxygens (including phenoxy) is 1. The van der Waals surface area contributed by atoms with Crippen molar-refractivity contribution in [2.24, 2.45) is 0 Å². The SMILES string of the molecule is CC(C)(C)OC(=O)N1CCCC[C@H]1C(=O)NCCc1ccccn1. The fourth-order valence-corrected chi connectivity index (χ4v) is 2.72. The van der Waals surface area contributed by atoms with Gasteiger partial charge in [0.05, 0.1) is 0 Å². The van der Waals surface area contributed by atoms with E-state index in [-0.39, 0.29) is 5.91 Å². The molecule has 1 aliphatic heterocycles. The summed E-state index contributed by atoms with van der Waals surface area (Å²) in [5, 5.41) is 2.92. The van der Waals surface area contributed by atoms with Gasteiger partial charge < -0.3 is 10.1 Å². The molecule has 1 aromatic heterocycles. The molecule has 132 valence electrons. The molecule has 1 saturated heterocycles. The Balaban J connectivity index is 1.89. The summed E-state index contributed by atoms with van der Waals surface area (Å²) >= 11 is 0. The normalized spacial score (nSPS) is 18.1. The highest BCUT2D eigenvalue weighted by atomic mass is 16.6. The molecule has 0 saturated carbocycles. The van der Waals surface area contributed by atoms with Crippen molar-refractivity contribution in [3.05, 3.63) is 30.1 Å². The summed E-state index contributed by atoms with van der Waals surface area (Å²) in [6, 6.07) is 5.27.